The van der Waals surface area contributed by atoms with Crippen molar-refractivity contribution in [2.75, 3.05) is 4.90 Å². The molecule has 0 saturated heterocycles. The first-order valence-corrected chi connectivity index (χ1v) is 14.2. The normalized spacial score (nSPS) is 15.0. The van der Waals surface area contributed by atoms with Crippen LogP contribution in [0.2, 0.25) is 0 Å². The predicted molar refractivity (Wildman–Crippen MR) is 167 cm³/mol. The lowest BCUT2D eigenvalue weighted by Crippen LogP contribution is -2.26. The molecule has 3 nitrogen and oxygen atoms in total. The molecule has 1 aliphatic carbocycles. The Labute approximate surface area is 235 Å². The minimum Gasteiger partial charge on any atom is -0.314 e. The summed E-state index contributed by atoms with van der Waals surface area (Å²) >= 11 is 0. The quantitative estimate of drug-likeness (QED) is 0.233. The lowest BCUT2D eigenvalue weighted by Gasteiger charge is -2.34. The average Bonchev–Trinajstić information content (AvgIpc) is 3.32. The number of aryl methyl sites for hydroxylation is 2. The fraction of sp³-hybridized carbons (Fsp3) is 0.162. The van der Waals surface area contributed by atoms with E-state index in [4.69, 9.17) is 4.98 Å². The SMILES string of the molecule is Cc1ccc(N(C2=Cc3ncccc3CC2)c2ccc3c(c2)c2cccc4c2n3-c2ccccc2C4(C)C)cc1. The maximum absolute atomic E-state index is 4.70. The highest BCUT2D eigenvalue weighted by Crippen LogP contribution is 2.48. The average molecular weight is 518 g/mol. The molecule has 3 heterocycles. The van der Waals surface area contributed by atoms with Crippen molar-refractivity contribution in [3.8, 4) is 5.69 Å². The molecule has 6 aromatic rings. The van der Waals surface area contributed by atoms with E-state index in [1.165, 1.54) is 66.8 Å². The first kappa shape index (κ1) is 23.3. The lowest BCUT2D eigenvalue weighted by atomic mass is 9.75. The Hall–Kier alpha value is -4.63. The number of rotatable bonds is 3. The minimum atomic E-state index is -0.0649. The Kier molecular flexibility index (Phi) is 4.91. The maximum atomic E-state index is 4.70. The number of benzene rings is 4. The van der Waals surface area contributed by atoms with Crippen LogP contribution in [0.3, 0.4) is 0 Å². The Morgan fingerprint density at radius 1 is 0.750 bits per heavy atom. The molecule has 0 atom stereocenters. The van der Waals surface area contributed by atoms with Crippen molar-refractivity contribution in [3.63, 3.8) is 0 Å². The highest BCUT2D eigenvalue weighted by atomic mass is 15.2. The van der Waals surface area contributed by atoms with E-state index in [9.17, 15) is 0 Å². The van der Waals surface area contributed by atoms with Gasteiger partial charge in [0.2, 0.25) is 0 Å². The second kappa shape index (κ2) is 8.43. The molecule has 0 radical (unpaired) electrons. The number of anilines is 2. The van der Waals surface area contributed by atoms with E-state index >= 15 is 0 Å². The van der Waals surface area contributed by atoms with E-state index in [0.717, 1.165) is 18.5 Å². The number of pyridine rings is 1. The molecule has 0 fully saturated rings. The number of para-hydroxylation sites is 2. The minimum absolute atomic E-state index is 0.0649. The molecule has 4 aromatic carbocycles. The van der Waals surface area contributed by atoms with E-state index in [2.05, 4.69) is 127 Å². The van der Waals surface area contributed by atoms with Crippen molar-refractivity contribution < 1.29 is 0 Å². The number of hydrogen-bond acceptors (Lipinski definition) is 2. The van der Waals surface area contributed by atoms with Crippen molar-refractivity contribution in [1.82, 2.24) is 9.55 Å². The van der Waals surface area contributed by atoms with E-state index < -0.39 is 0 Å². The van der Waals surface area contributed by atoms with Gasteiger partial charge in [-0.05, 0) is 85.0 Å². The van der Waals surface area contributed by atoms with E-state index in [1.807, 2.05) is 12.3 Å². The summed E-state index contributed by atoms with van der Waals surface area (Å²) in [6.45, 7) is 6.86. The first-order valence-electron chi connectivity index (χ1n) is 14.2. The second-order valence-electron chi connectivity index (χ2n) is 11.7. The van der Waals surface area contributed by atoms with Crippen molar-refractivity contribution >= 4 is 39.3 Å². The van der Waals surface area contributed by atoms with Crippen molar-refractivity contribution in [2.45, 2.75) is 39.0 Å². The predicted octanol–water partition coefficient (Wildman–Crippen LogP) is 9.25. The molecule has 1 aliphatic heterocycles. The summed E-state index contributed by atoms with van der Waals surface area (Å²) in [5.74, 6) is 0. The molecular weight excluding hydrogens is 486 g/mol. The maximum Gasteiger partial charge on any atom is 0.0679 e. The number of allylic oxidation sites excluding steroid dienone is 1. The summed E-state index contributed by atoms with van der Waals surface area (Å²) in [7, 11) is 0. The van der Waals surface area contributed by atoms with Gasteiger partial charge in [-0.1, -0.05) is 74.0 Å². The second-order valence-corrected chi connectivity index (χ2v) is 11.7. The highest BCUT2D eigenvalue weighted by Gasteiger charge is 2.35. The fourth-order valence-electron chi connectivity index (χ4n) is 6.93. The molecule has 2 aliphatic rings. The van der Waals surface area contributed by atoms with Gasteiger partial charge < -0.3 is 9.47 Å². The molecule has 0 N–H and O–H groups in total. The standard InChI is InChI=1S/C37H31N3/c1-24-13-16-26(17-14-24)39(28-18-15-25-8-7-21-38-33(25)23-28)27-19-20-34-30(22-27)29-9-6-11-32-36(29)40(34)35-12-5-4-10-31(35)37(32,2)3/h4-14,16-17,19-23H,15,18H2,1-3H3. The molecular formula is C37H31N3. The zero-order chi connectivity index (χ0) is 27.0. The molecule has 2 aromatic heterocycles. The third-order valence-electron chi connectivity index (χ3n) is 8.98. The van der Waals surface area contributed by atoms with Crippen LogP contribution in [0.5, 0.6) is 0 Å². The topological polar surface area (TPSA) is 21.1 Å². The number of hydrogen-bond donors (Lipinski definition) is 0. The largest absolute Gasteiger partial charge is 0.314 e. The number of aromatic nitrogens is 2. The van der Waals surface area contributed by atoms with E-state index in [1.54, 1.807) is 0 Å². The molecule has 3 heteroatoms. The van der Waals surface area contributed by atoms with Crippen LogP contribution >= 0.6 is 0 Å². The van der Waals surface area contributed by atoms with Gasteiger partial charge in [0.15, 0.2) is 0 Å². The summed E-state index contributed by atoms with van der Waals surface area (Å²) < 4.78 is 2.49. The summed E-state index contributed by atoms with van der Waals surface area (Å²) in [6, 6.07) is 35.9. The van der Waals surface area contributed by atoms with Crippen molar-refractivity contribution in [3.05, 3.63) is 137 Å². The smallest absolute Gasteiger partial charge is 0.0679 e. The third kappa shape index (κ3) is 3.27. The van der Waals surface area contributed by atoms with Gasteiger partial charge in [0.1, 0.15) is 0 Å². The van der Waals surface area contributed by atoms with Crippen LogP contribution in [-0.4, -0.2) is 9.55 Å². The van der Waals surface area contributed by atoms with Crippen LogP contribution in [0.25, 0.3) is 33.6 Å². The molecule has 194 valence electrons. The Balaban J connectivity index is 1.39. The molecule has 0 spiro atoms. The Morgan fingerprint density at radius 2 is 1.55 bits per heavy atom. The van der Waals surface area contributed by atoms with Crippen molar-refractivity contribution in [2.24, 2.45) is 0 Å². The van der Waals surface area contributed by atoms with Crippen LogP contribution in [0, 0.1) is 6.92 Å². The molecule has 8 rings (SSSR count). The first-order chi connectivity index (χ1) is 19.5. The molecule has 0 amide bonds. The van der Waals surface area contributed by atoms with Gasteiger partial charge in [-0.25, -0.2) is 0 Å². The van der Waals surface area contributed by atoms with Gasteiger partial charge in [-0.15, -0.1) is 0 Å². The third-order valence-corrected chi connectivity index (χ3v) is 8.98. The van der Waals surface area contributed by atoms with Gasteiger partial charge >= 0.3 is 0 Å². The Bertz CT molecular complexity index is 1990. The summed E-state index contributed by atoms with van der Waals surface area (Å²) in [4.78, 5) is 7.14. The zero-order valence-electron chi connectivity index (χ0n) is 23.1. The monoisotopic (exact) mass is 517 g/mol. The summed E-state index contributed by atoms with van der Waals surface area (Å²) in [5.41, 5.74) is 13.8. The van der Waals surface area contributed by atoms with Crippen LogP contribution < -0.4 is 4.90 Å². The van der Waals surface area contributed by atoms with E-state index in [-0.39, 0.29) is 5.41 Å². The fourth-order valence-corrected chi connectivity index (χ4v) is 6.93. The zero-order valence-corrected chi connectivity index (χ0v) is 23.1. The van der Waals surface area contributed by atoms with Crippen molar-refractivity contribution in [1.29, 1.82) is 0 Å². The molecule has 0 unspecified atom stereocenters. The number of nitrogens with zero attached hydrogens (tertiary/aromatic N) is 3. The number of fused-ring (bicyclic) bond motifs is 6. The Morgan fingerprint density at radius 3 is 2.42 bits per heavy atom. The van der Waals surface area contributed by atoms with E-state index in [0.29, 0.717) is 0 Å². The van der Waals surface area contributed by atoms with Crippen LogP contribution in [0.4, 0.5) is 11.4 Å². The van der Waals surface area contributed by atoms with Crippen LogP contribution in [-0.2, 0) is 11.8 Å². The van der Waals surface area contributed by atoms with Gasteiger partial charge in [-0.2, -0.15) is 0 Å². The molecule has 0 bridgehead atoms. The van der Waals surface area contributed by atoms with Gasteiger partial charge in [0.25, 0.3) is 0 Å². The highest BCUT2D eigenvalue weighted by molar-refractivity contribution is 6.12. The van der Waals surface area contributed by atoms with Crippen LogP contribution in [0.1, 0.15) is 48.2 Å². The lowest BCUT2D eigenvalue weighted by molar-refractivity contribution is 0.630. The van der Waals surface area contributed by atoms with Gasteiger partial charge in [0.05, 0.1) is 22.4 Å². The molecule has 0 saturated carbocycles. The van der Waals surface area contributed by atoms with Crippen LogP contribution in [0.15, 0.2) is 109 Å². The molecule has 40 heavy (non-hydrogen) atoms. The summed E-state index contributed by atoms with van der Waals surface area (Å²) in [5, 5.41) is 2.60. The van der Waals surface area contributed by atoms with Gasteiger partial charge in [-0.3, -0.25) is 4.98 Å². The summed E-state index contributed by atoms with van der Waals surface area (Å²) in [6.07, 6.45) is 6.14. The van der Waals surface area contributed by atoms with Gasteiger partial charge in [0, 0.05) is 39.5 Å².